The smallest absolute Gasteiger partial charge is 0.310 e. The molecule has 0 aromatic heterocycles. The molecule has 3 rings (SSSR count). The average molecular weight is 478 g/mol. The summed E-state index contributed by atoms with van der Waals surface area (Å²) in [6, 6.07) is 5.79. The number of esters is 1. The molecule has 1 aliphatic rings. The first-order chi connectivity index (χ1) is 15.3. The van der Waals surface area contributed by atoms with Crippen molar-refractivity contribution in [3.63, 3.8) is 0 Å². The number of carbonyl (C=O) groups excluding carboxylic acids is 2. The van der Waals surface area contributed by atoms with E-state index in [2.05, 4.69) is 13.0 Å². The summed E-state index contributed by atoms with van der Waals surface area (Å²) in [6.07, 6.45) is 2.57. The van der Waals surface area contributed by atoms with Crippen molar-refractivity contribution in [2.75, 3.05) is 20.3 Å². The summed E-state index contributed by atoms with van der Waals surface area (Å²) < 4.78 is 10.8. The standard InChI is InChI=1S/C25H29Cl2NO4/c1-5-6-9-32-21-11-15(2)10-16(3)19(21)14-28-8-7-18-20(26)12-17(13-22(29)31-4)24(27)23(18)25(28)30/h10-12H,5-9,13-14H2,1-4H3. The molecule has 172 valence electrons. The zero-order chi connectivity index (χ0) is 23.4. The van der Waals surface area contributed by atoms with Gasteiger partial charge in [-0.3, -0.25) is 9.59 Å². The van der Waals surface area contributed by atoms with Crippen LogP contribution < -0.4 is 4.74 Å². The fourth-order valence-electron chi connectivity index (χ4n) is 4.00. The highest BCUT2D eigenvalue weighted by atomic mass is 35.5. The summed E-state index contributed by atoms with van der Waals surface area (Å²) >= 11 is 13.0. The fraction of sp³-hybridized carbons (Fsp3) is 0.440. The van der Waals surface area contributed by atoms with Gasteiger partial charge in [0.25, 0.3) is 5.91 Å². The van der Waals surface area contributed by atoms with Crippen molar-refractivity contribution >= 4 is 35.1 Å². The van der Waals surface area contributed by atoms with E-state index in [9.17, 15) is 9.59 Å². The van der Waals surface area contributed by atoms with E-state index in [1.807, 2.05) is 19.9 Å². The Morgan fingerprint density at radius 2 is 1.94 bits per heavy atom. The Hall–Kier alpha value is -2.24. The summed E-state index contributed by atoms with van der Waals surface area (Å²) in [5.41, 5.74) is 4.80. The monoisotopic (exact) mass is 477 g/mol. The number of hydrogen-bond acceptors (Lipinski definition) is 4. The van der Waals surface area contributed by atoms with Crippen molar-refractivity contribution in [3.8, 4) is 5.75 Å². The maximum atomic E-state index is 13.5. The fourth-order valence-corrected chi connectivity index (χ4v) is 4.64. The third kappa shape index (κ3) is 5.21. The van der Waals surface area contributed by atoms with E-state index in [-0.39, 0.29) is 17.4 Å². The average Bonchev–Trinajstić information content (AvgIpc) is 2.75. The van der Waals surface area contributed by atoms with Crippen LogP contribution in [0.5, 0.6) is 5.75 Å². The van der Waals surface area contributed by atoms with E-state index in [1.165, 1.54) is 7.11 Å². The van der Waals surface area contributed by atoms with Gasteiger partial charge in [-0.25, -0.2) is 0 Å². The van der Waals surface area contributed by atoms with Gasteiger partial charge in [0.05, 0.1) is 30.7 Å². The number of rotatable bonds is 8. The Labute approximate surface area is 199 Å². The van der Waals surface area contributed by atoms with Crippen LogP contribution in [-0.4, -0.2) is 37.0 Å². The molecule has 1 heterocycles. The van der Waals surface area contributed by atoms with E-state index in [1.54, 1.807) is 11.0 Å². The zero-order valence-corrected chi connectivity index (χ0v) is 20.5. The quantitative estimate of drug-likeness (QED) is 0.361. The van der Waals surface area contributed by atoms with Gasteiger partial charge in [-0.05, 0) is 61.1 Å². The second kappa shape index (κ2) is 10.6. The Kier molecular flexibility index (Phi) is 8.07. The van der Waals surface area contributed by atoms with Crippen LogP contribution in [0.4, 0.5) is 0 Å². The van der Waals surface area contributed by atoms with Crippen LogP contribution in [0.2, 0.25) is 10.0 Å². The van der Waals surface area contributed by atoms with Crippen molar-refractivity contribution in [3.05, 3.63) is 61.6 Å². The van der Waals surface area contributed by atoms with Crippen molar-refractivity contribution < 1.29 is 19.1 Å². The molecule has 0 N–H and O–H groups in total. The molecule has 2 aromatic rings. The highest BCUT2D eigenvalue weighted by Crippen LogP contribution is 2.36. The SMILES string of the molecule is CCCCOc1cc(C)cc(C)c1CN1CCc2c(Cl)cc(CC(=O)OC)c(Cl)c2C1=O. The molecule has 0 atom stereocenters. The lowest BCUT2D eigenvalue weighted by Crippen LogP contribution is -2.38. The minimum atomic E-state index is -0.438. The van der Waals surface area contributed by atoms with E-state index in [4.69, 9.17) is 32.7 Å². The number of halogens is 2. The Balaban J connectivity index is 1.93. The van der Waals surface area contributed by atoms with Crippen molar-refractivity contribution in [2.24, 2.45) is 0 Å². The molecule has 0 bridgehead atoms. The first kappa shape index (κ1) is 24.4. The number of benzene rings is 2. The number of nitrogens with zero attached hydrogens (tertiary/aromatic N) is 1. The van der Waals surface area contributed by atoms with Crippen LogP contribution in [0, 0.1) is 13.8 Å². The molecule has 0 unspecified atom stereocenters. The van der Waals surface area contributed by atoms with Crippen molar-refractivity contribution in [1.82, 2.24) is 4.90 Å². The van der Waals surface area contributed by atoms with Gasteiger partial charge in [0.1, 0.15) is 5.75 Å². The third-order valence-electron chi connectivity index (χ3n) is 5.77. The number of unbranched alkanes of at least 4 members (excludes halogenated alkanes) is 1. The van der Waals surface area contributed by atoms with Crippen molar-refractivity contribution in [1.29, 1.82) is 0 Å². The van der Waals surface area contributed by atoms with Crippen LogP contribution in [-0.2, 0) is 28.9 Å². The predicted octanol–water partition coefficient (Wildman–Crippen LogP) is 5.70. The molecule has 0 spiro atoms. The van der Waals surface area contributed by atoms with E-state index in [0.717, 1.165) is 40.8 Å². The van der Waals surface area contributed by atoms with Crippen LogP contribution in [0.1, 0.15) is 57.9 Å². The minimum Gasteiger partial charge on any atom is -0.493 e. The second-order valence-corrected chi connectivity index (χ2v) is 8.96. The number of amides is 1. The van der Waals surface area contributed by atoms with E-state index in [0.29, 0.717) is 42.3 Å². The molecule has 2 aromatic carbocycles. The molecule has 1 aliphatic heterocycles. The van der Waals surface area contributed by atoms with Crippen LogP contribution in [0.3, 0.4) is 0 Å². The highest BCUT2D eigenvalue weighted by Gasteiger charge is 2.31. The van der Waals surface area contributed by atoms with Gasteiger partial charge < -0.3 is 14.4 Å². The molecular formula is C25H29Cl2NO4. The van der Waals surface area contributed by atoms with E-state index < -0.39 is 5.97 Å². The van der Waals surface area contributed by atoms with Gasteiger partial charge in [-0.15, -0.1) is 0 Å². The number of ether oxygens (including phenoxy) is 2. The maximum Gasteiger partial charge on any atom is 0.310 e. The Bertz CT molecular complexity index is 1040. The summed E-state index contributed by atoms with van der Waals surface area (Å²) in [7, 11) is 1.31. The van der Waals surface area contributed by atoms with Crippen LogP contribution in [0.25, 0.3) is 0 Å². The van der Waals surface area contributed by atoms with E-state index >= 15 is 0 Å². The Morgan fingerprint density at radius 1 is 1.19 bits per heavy atom. The van der Waals surface area contributed by atoms with Gasteiger partial charge in [-0.1, -0.05) is 42.6 Å². The number of hydrogen-bond donors (Lipinski definition) is 0. The Morgan fingerprint density at radius 3 is 2.62 bits per heavy atom. The molecule has 0 radical (unpaired) electrons. The maximum absolute atomic E-state index is 13.5. The second-order valence-electron chi connectivity index (χ2n) is 8.18. The molecular weight excluding hydrogens is 449 g/mol. The molecule has 0 saturated carbocycles. The number of carbonyl (C=O) groups is 2. The van der Waals surface area contributed by atoms with Crippen LogP contribution in [0.15, 0.2) is 18.2 Å². The molecule has 32 heavy (non-hydrogen) atoms. The molecule has 1 amide bonds. The molecule has 0 fully saturated rings. The lowest BCUT2D eigenvalue weighted by atomic mass is 9.94. The van der Waals surface area contributed by atoms with Gasteiger partial charge in [0, 0.05) is 23.7 Å². The number of aryl methyl sites for hydroxylation is 2. The van der Waals surface area contributed by atoms with Gasteiger partial charge in [0.2, 0.25) is 0 Å². The zero-order valence-electron chi connectivity index (χ0n) is 19.0. The molecule has 0 saturated heterocycles. The number of methoxy groups -OCH3 is 1. The molecule has 7 heteroatoms. The predicted molar refractivity (Wildman–Crippen MR) is 127 cm³/mol. The first-order valence-corrected chi connectivity index (χ1v) is 11.6. The first-order valence-electron chi connectivity index (χ1n) is 10.9. The number of fused-ring (bicyclic) bond motifs is 1. The summed E-state index contributed by atoms with van der Waals surface area (Å²) in [6.45, 7) is 7.79. The van der Waals surface area contributed by atoms with Gasteiger partial charge in [0.15, 0.2) is 0 Å². The highest BCUT2D eigenvalue weighted by molar-refractivity contribution is 6.37. The van der Waals surface area contributed by atoms with Gasteiger partial charge >= 0.3 is 5.97 Å². The lowest BCUT2D eigenvalue weighted by Gasteiger charge is -2.31. The topological polar surface area (TPSA) is 55.8 Å². The van der Waals surface area contributed by atoms with Gasteiger partial charge in [-0.2, -0.15) is 0 Å². The third-order valence-corrected chi connectivity index (χ3v) is 6.54. The summed E-state index contributed by atoms with van der Waals surface area (Å²) in [5.74, 6) is 0.189. The molecule has 0 aliphatic carbocycles. The largest absolute Gasteiger partial charge is 0.493 e. The lowest BCUT2D eigenvalue weighted by molar-refractivity contribution is -0.139. The summed E-state index contributed by atoms with van der Waals surface area (Å²) in [4.78, 5) is 27.0. The van der Waals surface area contributed by atoms with Crippen LogP contribution >= 0.6 is 23.2 Å². The minimum absolute atomic E-state index is 0.0396. The summed E-state index contributed by atoms with van der Waals surface area (Å²) in [5, 5.41) is 0.718. The normalized spacial score (nSPS) is 13.2. The van der Waals surface area contributed by atoms with Crippen molar-refractivity contribution in [2.45, 2.75) is 53.0 Å². The molecule has 5 nitrogen and oxygen atoms in total.